The highest BCUT2D eigenvalue weighted by atomic mass is 79.9. The lowest BCUT2D eigenvalue weighted by atomic mass is 10.1. The Morgan fingerprint density at radius 3 is 2.27 bits per heavy atom. The molecule has 0 fully saturated rings. The fraction of sp³-hybridized carbons (Fsp3) is 0.263. The van der Waals surface area contributed by atoms with Gasteiger partial charge in [-0.1, -0.05) is 15.9 Å². The number of hydrogen-bond donors (Lipinski definition) is 2. The summed E-state index contributed by atoms with van der Waals surface area (Å²) in [6.07, 6.45) is 0. The third-order valence-corrected chi connectivity index (χ3v) is 4.29. The van der Waals surface area contributed by atoms with Crippen LogP contribution in [0, 0.1) is 0 Å². The predicted molar refractivity (Wildman–Crippen MR) is 110 cm³/mol. The van der Waals surface area contributed by atoms with Crippen LogP contribution in [0.1, 0.15) is 31.1 Å². The number of carbonyl (C=O) groups is 2. The SMILES string of the molecule is CC(C)(C)NC(=O)c1ccc(NC(=O)COc2ccc(Br)cc2Br)cc1. The third kappa shape index (κ3) is 6.46. The summed E-state index contributed by atoms with van der Waals surface area (Å²) in [5, 5.41) is 5.63. The molecule has 0 bridgehead atoms. The molecular weight excluding hydrogens is 464 g/mol. The van der Waals surface area contributed by atoms with Gasteiger partial charge in [0.25, 0.3) is 11.8 Å². The van der Waals surface area contributed by atoms with E-state index in [1.165, 1.54) is 0 Å². The van der Waals surface area contributed by atoms with Crippen LogP contribution >= 0.6 is 31.9 Å². The first-order chi connectivity index (χ1) is 12.1. The van der Waals surface area contributed by atoms with Crippen LogP contribution in [0.5, 0.6) is 5.75 Å². The van der Waals surface area contributed by atoms with Gasteiger partial charge in [0.1, 0.15) is 5.75 Å². The van der Waals surface area contributed by atoms with E-state index in [-0.39, 0.29) is 24.0 Å². The Morgan fingerprint density at radius 1 is 1.04 bits per heavy atom. The summed E-state index contributed by atoms with van der Waals surface area (Å²) in [7, 11) is 0. The lowest BCUT2D eigenvalue weighted by Gasteiger charge is -2.20. The van der Waals surface area contributed by atoms with Crippen LogP contribution in [-0.2, 0) is 4.79 Å². The van der Waals surface area contributed by atoms with Gasteiger partial charge in [0, 0.05) is 21.3 Å². The minimum absolute atomic E-state index is 0.119. The number of halogens is 2. The largest absolute Gasteiger partial charge is 0.483 e. The van der Waals surface area contributed by atoms with Crippen molar-refractivity contribution in [2.75, 3.05) is 11.9 Å². The number of amides is 2. The summed E-state index contributed by atoms with van der Waals surface area (Å²) >= 11 is 6.74. The molecule has 26 heavy (non-hydrogen) atoms. The molecule has 2 aromatic carbocycles. The molecule has 2 rings (SSSR count). The van der Waals surface area contributed by atoms with E-state index >= 15 is 0 Å². The number of nitrogens with one attached hydrogen (secondary N) is 2. The van der Waals surface area contributed by atoms with E-state index < -0.39 is 0 Å². The number of anilines is 1. The molecule has 138 valence electrons. The number of carbonyl (C=O) groups excluding carboxylic acids is 2. The van der Waals surface area contributed by atoms with Gasteiger partial charge in [-0.3, -0.25) is 9.59 Å². The van der Waals surface area contributed by atoms with E-state index in [1.807, 2.05) is 32.9 Å². The number of rotatable bonds is 5. The fourth-order valence-electron chi connectivity index (χ4n) is 2.05. The molecule has 2 aromatic rings. The van der Waals surface area contributed by atoms with Crippen molar-refractivity contribution in [3.8, 4) is 5.75 Å². The Hall–Kier alpha value is -1.86. The van der Waals surface area contributed by atoms with Crippen molar-refractivity contribution in [2.45, 2.75) is 26.3 Å². The van der Waals surface area contributed by atoms with Gasteiger partial charge in [0.2, 0.25) is 0 Å². The zero-order valence-corrected chi connectivity index (χ0v) is 17.9. The molecule has 5 nitrogen and oxygen atoms in total. The highest BCUT2D eigenvalue weighted by Gasteiger charge is 2.15. The van der Waals surface area contributed by atoms with E-state index in [0.29, 0.717) is 17.0 Å². The minimum Gasteiger partial charge on any atom is -0.483 e. The molecule has 0 atom stereocenters. The van der Waals surface area contributed by atoms with Crippen LogP contribution < -0.4 is 15.4 Å². The lowest BCUT2D eigenvalue weighted by molar-refractivity contribution is -0.118. The zero-order valence-electron chi connectivity index (χ0n) is 14.7. The molecule has 0 aromatic heterocycles. The van der Waals surface area contributed by atoms with Crippen LogP contribution in [0.2, 0.25) is 0 Å². The minimum atomic E-state index is -0.303. The molecule has 0 saturated heterocycles. The normalized spacial score (nSPS) is 11.0. The van der Waals surface area contributed by atoms with Gasteiger partial charge in [-0.2, -0.15) is 0 Å². The average Bonchev–Trinajstić information content (AvgIpc) is 2.53. The standard InChI is InChI=1S/C19H20Br2N2O3/c1-19(2,3)23-18(25)12-4-7-14(8-5-12)22-17(24)11-26-16-9-6-13(20)10-15(16)21/h4-10H,11H2,1-3H3,(H,22,24)(H,23,25). The van der Waals surface area contributed by atoms with Crippen molar-refractivity contribution < 1.29 is 14.3 Å². The summed E-state index contributed by atoms with van der Waals surface area (Å²) in [5.74, 6) is 0.142. The summed E-state index contributed by atoms with van der Waals surface area (Å²) in [6, 6.07) is 12.2. The van der Waals surface area contributed by atoms with Crippen LogP contribution in [-0.4, -0.2) is 24.0 Å². The second-order valence-electron chi connectivity index (χ2n) is 6.69. The number of hydrogen-bond acceptors (Lipinski definition) is 3. The predicted octanol–water partition coefficient (Wildman–Crippen LogP) is 4.76. The topological polar surface area (TPSA) is 67.4 Å². The van der Waals surface area contributed by atoms with Gasteiger partial charge in [0.15, 0.2) is 6.61 Å². The molecule has 0 saturated carbocycles. The second-order valence-corrected chi connectivity index (χ2v) is 8.46. The second kappa shape index (κ2) is 8.68. The van der Waals surface area contributed by atoms with Gasteiger partial charge in [-0.05, 0) is 79.2 Å². The fourth-order valence-corrected chi connectivity index (χ4v) is 3.21. The maximum atomic E-state index is 12.1. The van der Waals surface area contributed by atoms with Crippen LogP contribution in [0.4, 0.5) is 5.69 Å². The van der Waals surface area contributed by atoms with Gasteiger partial charge < -0.3 is 15.4 Å². The summed E-state index contributed by atoms with van der Waals surface area (Å²) < 4.78 is 7.17. The third-order valence-electron chi connectivity index (χ3n) is 3.17. The summed E-state index contributed by atoms with van der Waals surface area (Å²) in [5.41, 5.74) is 0.830. The van der Waals surface area contributed by atoms with E-state index in [1.54, 1.807) is 30.3 Å². The molecule has 0 unspecified atom stereocenters. The van der Waals surface area contributed by atoms with Crippen molar-refractivity contribution >= 4 is 49.4 Å². The van der Waals surface area contributed by atoms with Crippen LogP contribution in [0.3, 0.4) is 0 Å². The first-order valence-electron chi connectivity index (χ1n) is 7.94. The van der Waals surface area contributed by atoms with Gasteiger partial charge in [-0.15, -0.1) is 0 Å². The monoisotopic (exact) mass is 482 g/mol. The Kier molecular flexibility index (Phi) is 6.83. The zero-order chi connectivity index (χ0) is 19.3. The van der Waals surface area contributed by atoms with Crippen LogP contribution in [0.25, 0.3) is 0 Å². The Balaban J connectivity index is 1.90. The van der Waals surface area contributed by atoms with Gasteiger partial charge in [-0.25, -0.2) is 0 Å². The smallest absolute Gasteiger partial charge is 0.262 e. The summed E-state index contributed by atoms with van der Waals surface area (Å²) in [6.45, 7) is 5.64. The van der Waals surface area contributed by atoms with Gasteiger partial charge >= 0.3 is 0 Å². The maximum absolute atomic E-state index is 12.1. The Labute approximate surface area is 169 Å². The van der Waals surface area contributed by atoms with E-state index in [9.17, 15) is 9.59 Å². The molecule has 0 heterocycles. The first-order valence-corrected chi connectivity index (χ1v) is 9.53. The number of ether oxygens (including phenoxy) is 1. The maximum Gasteiger partial charge on any atom is 0.262 e. The molecule has 0 aliphatic carbocycles. The number of benzene rings is 2. The lowest BCUT2D eigenvalue weighted by Crippen LogP contribution is -2.40. The first kappa shape index (κ1) is 20.5. The molecular formula is C19H20Br2N2O3. The van der Waals surface area contributed by atoms with Crippen molar-refractivity contribution in [3.05, 3.63) is 57.0 Å². The van der Waals surface area contributed by atoms with Crippen molar-refractivity contribution in [2.24, 2.45) is 0 Å². The quantitative estimate of drug-likeness (QED) is 0.644. The van der Waals surface area contributed by atoms with Crippen LogP contribution in [0.15, 0.2) is 51.4 Å². The highest BCUT2D eigenvalue weighted by molar-refractivity contribution is 9.11. The van der Waals surface area contributed by atoms with Crippen molar-refractivity contribution in [3.63, 3.8) is 0 Å². The van der Waals surface area contributed by atoms with Crippen molar-refractivity contribution in [1.82, 2.24) is 5.32 Å². The Morgan fingerprint density at radius 2 is 1.69 bits per heavy atom. The van der Waals surface area contributed by atoms with Crippen molar-refractivity contribution in [1.29, 1.82) is 0 Å². The van der Waals surface area contributed by atoms with E-state index in [2.05, 4.69) is 42.5 Å². The molecule has 0 aliphatic heterocycles. The molecule has 2 N–H and O–H groups in total. The average molecular weight is 484 g/mol. The molecule has 7 heteroatoms. The molecule has 0 radical (unpaired) electrons. The molecule has 2 amide bonds. The van der Waals surface area contributed by atoms with E-state index in [0.717, 1.165) is 8.95 Å². The molecule has 0 spiro atoms. The molecule has 0 aliphatic rings. The summed E-state index contributed by atoms with van der Waals surface area (Å²) in [4.78, 5) is 24.1. The van der Waals surface area contributed by atoms with E-state index in [4.69, 9.17) is 4.74 Å². The highest BCUT2D eigenvalue weighted by Crippen LogP contribution is 2.28. The Bertz CT molecular complexity index is 799. The van der Waals surface area contributed by atoms with Gasteiger partial charge in [0.05, 0.1) is 4.47 Å².